The molecule has 6 rings (SSSR count). The monoisotopic (exact) mass is 1030 g/mol. The Kier molecular flexibility index (Phi) is 17.1. The Labute approximate surface area is 431 Å². The fraction of sp³-hybridized carbons (Fsp3) is 0.380. The fourth-order valence-electron chi connectivity index (χ4n) is 7.52. The second-order valence-corrected chi connectivity index (χ2v) is 18.8. The van der Waals surface area contributed by atoms with E-state index in [2.05, 4.69) is 41.4 Å². The van der Waals surface area contributed by atoms with Crippen molar-refractivity contribution in [2.24, 2.45) is 16.5 Å². The molecule has 0 bridgehead atoms. The van der Waals surface area contributed by atoms with Gasteiger partial charge in [0.2, 0.25) is 29.7 Å². The molecule has 25 heteroatoms. The van der Waals surface area contributed by atoms with Gasteiger partial charge < -0.3 is 39.5 Å². The van der Waals surface area contributed by atoms with Gasteiger partial charge in [-0.25, -0.2) is 24.5 Å². The summed E-state index contributed by atoms with van der Waals surface area (Å²) in [5.74, 6) is -2.01. The van der Waals surface area contributed by atoms with E-state index in [9.17, 15) is 28.8 Å². The molecule has 75 heavy (non-hydrogen) atoms. The van der Waals surface area contributed by atoms with Crippen molar-refractivity contribution < 1.29 is 47.7 Å². The summed E-state index contributed by atoms with van der Waals surface area (Å²) < 4.78 is 29.1. The van der Waals surface area contributed by atoms with Gasteiger partial charge in [-0.05, 0) is 112 Å². The number of benzene rings is 2. The van der Waals surface area contributed by atoms with Crippen LogP contribution in [-0.2, 0) is 35.7 Å². The Morgan fingerprint density at radius 2 is 1.08 bits per heavy atom. The lowest BCUT2D eigenvalue weighted by atomic mass is 10.1. The zero-order chi connectivity index (χ0) is 54.9. The van der Waals surface area contributed by atoms with Crippen molar-refractivity contribution in [2.45, 2.75) is 107 Å². The van der Waals surface area contributed by atoms with E-state index in [0.717, 1.165) is 0 Å². The van der Waals surface area contributed by atoms with Crippen molar-refractivity contribution in [3.63, 3.8) is 0 Å². The highest BCUT2D eigenvalue weighted by atomic mass is 16.6. The van der Waals surface area contributed by atoms with Crippen LogP contribution in [0.15, 0.2) is 65.7 Å². The van der Waals surface area contributed by atoms with Crippen LogP contribution >= 0.6 is 0 Å². The van der Waals surface area contributed by atoms with E-state index < -0.39 is 47.0 Å². The number of primary amides is 2. The molecule has 0 aliphatic heterocycles. The Morgan fingerprint density at radius 1 is 0.640 bits per heavy atom. The van der Waals surface area contributed by atoms with Crippen molar-refractivity contribution in [3.8, 4) is 11.5 Å². The first kappa shape index (κ1) is 55.3. The second-order valence-electron chi connectivity index (χ2n) is 18.8. The van der Waals surface area contributed by atoms with Gasteiger partial charge in [0.15, 0.2) is 0 Å². The maximum Gasteiger partial charge on any atom is 0.414 e. The maximum absolute atomic E-state index is 13.9. The lowest BCUT2D eigenvalue weighted by molar-refractivity contribution is 0.0543. The van der Waals surface area contributed by atoms with Gasteiger partial charge in [-0.1, -0.05) is 18.2 Å². The maximum atomic E-state index is 13.9. The Morgan fingerprint density at radius 3 is 1.49 bits per heavy atom. The minimum atomic E-state index is -0.854. The number of imidazole rings is 2. The molecule has 0 unspecified atom stereocenters. The normalized spacial score (nSPS) is 11.8. The number of allylic oxidation sites excluding steroid dienone is 2. The quantitative estimate of drug-likeness (QED) is 0.0340. The number of guanidine groups is 1. The van der Waals surface area contributed by atoms with Gasteiger partial charge in [-0.15, -0.1) is 0 Å². The fourth-order valence-corrected chi connectivity index (χ4v) is 7.52. The summed E-state index contributed by atoms with van der Waals surface area (Å²) in [6, 6.07) is 9.24. The van der Waals surface area contributed by atoms with Gasteiger partial charge in [0.25, 0.3) is 11.8 Å². The van der Waals surface area contributed by atoms with Crippen molar-refractivity contribution in [1.82, 2.24) is 49.3 Å². The summed E-state index contributed by atoms with van der Waals surface area (Å²) in [5.41, 5.74) is 13.3. The number of aliphatic imine (C=N–C) groups is 1. The van der Waals surface area contributed by atoms with Crippen LogP contribution in [0.4, 0.5) is 21.5 Å². The third-order valence-electron chi connectivity index (χ3n) is 10.6. The predicted molar refractivity (Wildman–Crippen MR) is 279 cm³/mol. The highest BCUT2D eigenvalue weighted by Crippen LogP contribution is 2.33. The number of nitrogens with one attached hydrogen (secondary N) is 4. The molecule has 0 spiro atoms. The average Bonchev–Trinajstić information content (AvgIpc) is 4.09. The number of aryl methyl sites for hydroxylation is 4. The molecule has 398 valence electrons. The van der Waals surface area contributed by atoms with Crippen molar-refractivity contribution in [1.29, 1.82) is 0 Å². The number of nitrogens with zero attached hydrogens (tertiary/aromatic N) is 9. The first-order valence-corrected chi connectivity index (χ1v) is 23.8. The smallest absolute Gasteiger partial charge is 0.414 e. The summed E-state index contributed by atoms with van der Waals surface area (Å²) in [7, 11) is 1.43. The predicted octanol–water partition coefficient (Wildman–Crippen LogP) is 5.74. The van der Waals surface area contributed by atoms with E-state index in [0.29, 0.717) is 46.7 Å². The number of fused-ring (bicyclic) bond motifs is 2. The number of hydrogen-bond acceptors (Lipinski definition) is 15. The van der Waals surface area contributed by atoms with Gasteiger partial charge >= 0.3 is 12.2 Å². The SMILES string of the molecule is CCn1nc(C)cc1C(=O)Nc1nc2cc(C(N)=O)cc(OC)c2n1C/C=C/Cn1c(NC(=O)c2cc(C)nn2CC)nc2cc(C(N)=O)cc(OC/C=C/CN=C(NC(=O)OC(C)(C)C)NC(=O)OC(C)(C)C)c21. The molecule has 0 fully saturated rings. The number of aromatic nitrogens is 8. The molecular formula is C50H63N15O10. The average molecular weight is 1030 g/mol. The summed E-state index contributed by atoms with van der Waals surface area (Å²) in [4.78, 5) is 91.6. The Hall–Kier alpha value is -9.03. The molecule has 4 heterocycles. The highest BCUT2D eigenvalue weighted by molar-refractivity contribution is 6.06. The second kappa shape index (κ2) is 23.2. The van der Waals surface area contributed by atoms with E-state index in [1.165, 1.54) is 31.4 Å². The molecule has 0 saturated heterocycles. The Bertz CT molecular complexity index is 3220. The number of alkyl carbamates (subject to hydrolysis) is 2. The van der Waals surface area contributed by atoms with Gasteiger partial charge in [0, 0.05) is 37.3 Å². The number of ether oxygens (including phenoxy) is 4. The number of nitrogens with two attached hydrogens (primary N) is 2. The first-order valence-electron chi connectivity index (χ1n) is 23.8. The number of rotatable bonds is 18. The standard InChI is InChI=1S/C50H63N15O10/c1-12-64-34(22-28(3)60-64)42(68)56-45-54-32-24-30(40(51)66)26-36(72-11)38(32)62(45)19-15-16-20-63-39-33(55-46(63)57-43(69)35-23-29(4)61-65(35)13-2)25-31(41(52)67)27-37(39)73-21-17-14-18-53-44(58-47(70)74-49(5,6)7)59-48(71)75-50(8,9)10/h14-17,22-27H,12-13,18-21H2,1-11H3,(H2,51,66)(H2,52,67)(H,54,56,68)(H,55,57,69)(H2,53,58,59,70,71)/b16-15+,17-14+. The molecule has 6 amide bonds. The molecule has 4 aromatic heterocycles. The number of anilines is 2. The largest absolute Gasteiger partial charge is 0.494 e. The van der Waals surface area contributed by atoms with Crippen LogP contribution in [0.3, 0.4) is 0 Å². The third kappa shape index (κ3) is 14.1. The zero-order valence-electron chi connectivity index (χ0n) is 43.8. The third-order valence-corrected chi connectivity index (χ3v) is 10.6. The number of carbonyl (C=O) groups excluding carboxylic acids is 6. The molecule has 0 aliphatic carbocycles. The number of methoxy groups -OCH3 is 1. The van der Waals surface area contributed by atoms with Crippen molar-refractivity contribution in [3.05, 3.63) is 94.6 Å². The van der Waals surface area contributed by atoms with Crippen molar-refractivity contribution >= 4 is 75.7 Å². The molecule has 0 aliphatic rings. The lowest BCUT2D eigenvalue weighted by Crippen LogP contribution is -2.47. The van der Waals surface area contributed by atoms with Crippen LogP contribution in [-0.4, -0.2) is 112 Å². The van der Waals surface area contributed by atoms with Crippen LogP contribution in [0.1, 0.15) is 108 Å². The van der Waals surface area contributed by atoms with E-state index in [-0.39, 0.29) is 77.9 Å². The molecule has 25 nitrogen and oxygen atoms in total. The topological polar surface area (TPSA) is 323 Å². The lowest BCUT2D eigenvalue weighted by Gasteiger charge is -2.22. The Balaban J connectivity index is 1.35. The molecular weight excluding hydrogens is 971 g/mol. The van der Waals surface area contributed by atoms with Gasteiger partial charge in [-0.2, -0.15) is 10.2 Å². The van der Waals surface area contributed by atoms with E-state index in [1.54, 1.807) is 110 Å². The van der Waals surface area contributed by atoms with Gasteiger partial charge in [0.05, 0.1) is 36.1 Å². The van der Waals surface area contributed by atoms with Crippen LogP contribution in [0, 0.1) is 13.8 Å². The number of amides is 6. The minimum absolute atomic E-state index is 0.0489. The van der Waals surface area contributed by atoms with Crippen molar-refractivity contribution in [2.75, 3.05) is 30.9 Å². The van der Waals surface area contributed by atoms with Crippen LogP contribution in [0.2, 0.25) is 0 Å². The van der Waals surface area contributed by atoms with Crippen LogP contribution in [0.25, 0.3) is 22.1 Å². The zero-order valence-corrected chi connectivity index (χ0v) is 43.8. The summed E-state index contributed by atoms with van der Waals surface area (Å²) in [6.45, 7) is 18.3. The number of hydrogen-bond donors (Lipinski definition) is 6. The van der Waals surface area contributed by atoms with Crippen LogP contribution < -0.4 is 42.2 Å². The van der Waals surface area contributed by atoms with Gasteiger partial charge in [-0.3, -0.25) is 49.8 Å². The number of carbonyl (C=O) groups is 6. The molecule has 0 atom stereocenters. The van der Waals surface area contributed by atoms with Crippen LogP contribution in [0.5, 0.6) is 11.5 Å². The molecule has 2 aromatic carbocycles. The minimum Gasteiger partial charge on any atom is -0.494 e. The van der Waals surface area contributed by atoms with E-state index in [4.69, 9.17) is 35.4 Å². The summed E-state index contributed by atoms with van der Waals surface area (Å²) in [5, 5.41) is 19.5. The summed E-state index contributed by atoms with van der Waals surface area (Å²) in [6.07, 6.45) is 5.08. The van der Waals surface area contributed by atoms with E-state index in [1.807, 2.05) is 13.8 Å². The molecule has 0 saturated carbocycles. The summed E-state index contributed by atoms with van der Waals surface area (Å²) >= 11 is 0. The first-order chi connectivity index (χ1) is 35.4. The molecule has 8 N–H and O–H groups in total. The molecule has 6 aromatic rings. The van der Waals surface area contributed by atoms with Gasteiger partial charge in [0.1, 0.15) is 51.7 Å². The highest BCUT2D eigenvalue weighted by Gasteiger charge is 2.25. The van der Waals surface area contributed by atoms with E-state index >= 15 is 0 Å². The molecule has 0 radical (unpaired) electrons.